The van der Waals surface area contributed by atoms with E-state index >= 15 is 0 Å². The molecule has 0 saturated carbocycles. The van der Waals surface area contributed by atoms with E-state index in [1.54, 1.807) is 30.5 Å². The van der Waals surface area contributed by atoms with Gasteiger partial charge in [-0.2, -0.15) is 0 Å². The van der Waals surface area contributed by atoms with Crippen LogP contribution < -0.4 is 5.32 Å². The number of ether oxygens (including phenoxy) is 1. The summed E-state index contributed by atoms with van der Waals surface area (Å²) in [5.41, 5.74) is 1.54. The molecular formula is C15H15NO3S. The highest BCUT2D eigenvalue weighted by Gasteiger charge is 2.04. The zero-order valence-corrected chi connectivity index (χ0v) is 11.9. The number of carbonyl (C=O) groups is 1. The molecule has 1 unspecified atom stereocenters. The van der Waals surface area contributed by atoms with Gasteiger partial charge in [0.1, 0.15) is 6.61 Å². The number of nitrogens with one attached hydrogen (secondary N) is 1. The lowest BCUT2D eigenvalue weighted by molar-refractivity contribution is 0.155. The van der Waals surface area contributed by atoms with E-state index in [1.165, 1.54) is 0 Å². The van der Waals surface area contributed by atoms with Gasteiger partial charge in [0, 0.05) is 27.6 Å². The minimum absolute atomic E-state index is 0.226. The molecule has 0 bridgehead atoms. The number of carbonyl (C=O) groups excluding carboxylic acids is 1. The van der Waals surface area contributed by atoms with Gasteiger partial charge in [-0.1, -0.05) is 30.3 Å². The van der Waals surface area contributed by atoms with Crippen molar-refractivity contribution in [3.63, 3.8) is 0 Å². The van der Waals surface area contributed by atoms with E-state index < -0.39 is 16.9 Å². The predicted molar refractivity (Wildman–Crippen MR) is 79.0 cm³/mol. The summed E-state index contributed by atoms with van der Waals surface area (Å²) in [4.78, 5) is 12.3. The average Bonchev–Trinajstić information content (AvgIpc) is 2.47. The second-order valence-corrected chi connectivity index (χ2v) is 5.54. The topological polar surface area (TPSA) is 55.4 Å². The SMILES string of the molecule is CS(=O)c1ccc(NC(=O)OCc2ccccc2)cc1. The number of benzene rings is 2. The molecule has 20 heavy (non-hydrogen) atoms. The first-order valence-corrected chi connectivity index (χ1v) is 7.62. The highest BCUT2D eigenvalue weighted by Crippen LogP contribution is 2.12. The lowest BCUT2D eigenvalue weighted by Gasteiger charge is -2.07. The molecule has 0 fully saturated rings. The summed E-state index contributed by atoms with van der Waals surface area (Å²) in [7, 11) is -1.02. The molecule has 0 radical (unpaired) electrons. The largest absolute Gasteiger partial charge is 0.444 e. The number of hydrogen-bond donors (Lipinski definition) is 1. The van der Waals surface area contributed by atoms with Crippen molar-refractivity contribution in [3.05, 3.63) is 60.2 Å². The Labute approximate surface area is 120 Å². The summed E-state index contributed by atoms with van der Waals surface area (Å²) in [6.45, 7) is 0.226. The Balaban J connectivity index is 1.86. The van der Waals surface area contributed by atoms with E-state index in [-0.39, 0.29) is 6.61 Å². The summed E-state index contributed by atoms with van der Waals surface area (Å²) < 4.78 is 16.3. The molecule has 2 rings (SSSR count). The van der Waals surface area contributed by atoms with Crippen molar-refractivity contribution in [2.75, 3.05) is 11.6 Å². The lowest BCUT2D eigenvalue weighted by atomic mass is 10.2. The quantitative estimate of drug-likeness (QED) is 0.940. The lowest BCUT2D eigenvalue weighted by Crippen LogP contribution is -2.13. The maximum Gasteiger partial charge on any atom is 0.411 e. The molecular weight excluding hydrogens is 274 g/mol. The van der Waals surface area contributed by atoms with Crippen molar-refractivity contribution in [2.24, 2.45) is 0 Å². The molecule has 5 heteroatoms. The van der Waals surface area contributed by atoms with E-state index in [4.69, 9.17) is 4.74 Å². The fourth-order valence-electron chi connectivity index (χ4n) is 1.61. The molecule has 4 nitrogen and oxygen atoms in total. The first kappa shape index (κ1) is 14.3. The maximum absolute atomic E-state index is 11.6. The third-order valence-electron chi connectivity index (χ3n) is 2.65. The Hall–Kier alpha value is -2.14. The van der Waals surface area contributed by atoms with Crippen molar-refractivity contribution < 1.29 is 13.7 Å². The second-order valence-electron chi connectivity index (χ2n) is 4.17. The van der Waals surface area contributed by atoms with Crippen LogP contribution in [0.4, 0.5) is 10.5 Å². The van der Waals surface area contributed by atoms with Crippen LogP contribution in [0.5, 0.6) is 0 Å². The minimum Gasteiger partial charge on any atom is -0.444 e. The molecule has 0 aromatic heterocycles. The number of hydrogen-bond acceptors (Lipinski definition) is 3. The molecule has 0 saturated heterocycles. The molecule has 1 amide bonds. The third-order valence-corrected chi connectivity index (χ3v) is 3.58. The number of amides is 1. The second kappa shape index (κ2) is 6.86. The molecule has 0 aliphatic heterocycles. The average molecular weight is 289 g/mol. The molecule has 0 aliphatic rings. The van der Waals surface area contributed by atoms with Crippen molar-refractivity contribution in [1.82, 2.24) is 0 Å². The monoisotopic (exact) mass is 289 g/mol. The van der Waals surface area contributed by atoms with E-state index in [0.717, 1.165) is 5.56 Å². The first-order chi connectivity index (χ1) is 9.65. The molecule has 1 N–H and O–H groups in total. The molecule has 0 spiro atoms. The molecule has 2 aromatic carbocycles. The summed E-state index contributed by atoms with van der Waals surface area (Å²) in [6.07, 6.45) is 1.09. The van der Waals surface area contributed by atoms with Crippen molar-refractivity contribution in [1.29, 1.82) is 0 Å². The maximum atomic E-state index is 11.6. The normalized spacial score (nSPS) is 11.7. The van der Waals surface area contributed by atoms with E-state index in [1.807, 2.05) is 30.3 Å². The van der Waals surface area contributed by atoms with Crippen molar-refractivity contribution >= 4 is 22.6 Å². The standard InChI is InChI=1S/C15H15NO3S/c1-20(18)14-9-7-13(8-10-14)16-15(17)19-11-12-5-3-2-4-6-12/h2-10H,11H2,1H3,(H,16,17). The van der Waals surface area contributed by atoms with Gasteiger partial charge in [0.15, 0.2) is 0 Å². The smallest absolute Gasteiger partial charge is 0.411 e. The third kappa shape index (κ3) is 4.20. The van der Waals surface area contributed by atoms with Crippen LogP contribution in [0.2, 0.25) is 0 Å². The van der Waals surface area contributed by atoms with Gasteiger partial charge < -0.3 is 4.74 Å². The van der Waals surface area contributed by atoms with E-state index in [0.29, 0.717) is 10.6 Å². The van der Waals surface area contributed by atoms with Crippen LogP contribution >= 0.6 is 0 Å². The van der Waals surface area contributed by atoms with Crippen LogP contribution in [0, 0.1) is 0 Å². The van der Waals surface area contributed by atoms with Gasteiger partial charge >= 0.3 is 6.09 Å². The van der Waals surface area contributed by atoms with Crippen LogP contribution in [0.3, 0.4) is 0 Å². The van der Waals surface area contributed by atoms with Gasteiger partial charge in [-0.25, -0.2) is 4.79 Å². The highest BCUT2D eigenvalue weighted by atomic mass is 32.2. The zero-order valence-electron chi connectivity index (χ0n) is 11.0. The Morgan fingerprint density at radius 2 is 1.75 bits per heavy atom. The van der Waals surface area contributed by atoms with Crippen LogP contribution in [0.15, 0.2) is 59.5 Å². The van der Waals surface area contributed by atoms with Crippen molar-refractivity contribution in [3.8, 4) is 0 Å². The molecule has 1 atom stereocenters. The summed E-state index contributed by atoms with van der Waals surface area (Å²) in [5.74, 6) is 0. The fourth-order valence-corrected chi connectivity index (χ4v) is 2.13. The Morgan fingerprint density at radius 1 is 1.10 bits per heavy atom. The fraction of sp³-hybridized carbons (Fsp3) is 0.133. The van der Waals surface area contributed by atoms with E-state index in [9.17, 15) is 9.00 Å². The molecule has 0 aliphatic carbocycles. The number of anilines is 1. The minimum atomic E-state index is -1.02. The Morgan fingerprint density at radius 3 is 2.35 bits per heavy atom. The van der Waals surface area contributed by atoms with Gasteiger partial charge in [-0.05, 0) is 29.8 Å². The van der Waals surface area contributed by atoms with Gasteiger partial charge in [-0.15, -0.1) is 0 Å². The highest BCUT2D eigenvalue weighted by molar-refractivity contribution is 7.84. The van der Waals surface area contributed by atoms with Gasteiger partial charge in [0.2, 0.25) is 0 Å². The van der Waals surface area contributed by atoms with Crippen molar-refractivity contribution in [2.45, 2.75) is 11.5 Å². The van der Waals surface area contributed by atoms with Gasteiger partial charge in [0.25, 0.3) is 0 Å². The molecule has 104 valence electrons. The predicted octanol–water partition coefficient (Wildman–Crippen LogP) is 3.17. The summed E-state index contributed by atoms with van der Waals surface area (Å²) in [6, 6.07) is 16.3. The van der Waals surface area contributed by atoms with Crippen LogP contribution in [0.25, 0.3) is 0 Å². The van der Waals surface area contributed by atoms with Gasteiger partial charge in [0.05, 0.1) is 0 Å². The summed E-state index contributed by atoms with van der Waals surface area (Å²) >= 11 is 0. The van der Waals surface area contributed by atoms with Crippen LogP contribution in [-0.4, -0.2) is 16.6 Å². The van der Waals surface area contributed by atoms with Crippen LogP contribution in [0.1, 0.15) is 5.56 Å². The Kier molecular flexibility index (Phi) is 4.90. The molecule has 2 aromatic rings. The first-order valence-electron chi connectivity index (χ1n) is 6.06. The zero-order chi connectivity index (χ0) is 14.4. The van der Waals surface area contributed by atoms with E-state index in [2.05, 4.69) is 5.32 Å². The Bertz CT molecular complexity index is 596. The molecule has 0 heterocycles. The number of rotatable bonds is 4. The van der Waals surface area contributed by atoms with Crippen LogP contribution in [-0.2, 0) is 22.1 Å². The summed E-state index contributed by atoms with van der Waals surface area (Å²) in [5, 5.41) is 2.62. The van der Waals surface area contributed by atoms with Gasteiger partial charge in [-0.3, -0.25) is 9.53 Å².